The molecule has 0 aromatic carbocycles. The van der Waals surface area contributed by atoms with Gasteiger partial charge in [0.1, 0.15) is 21.2 Å². The van der Waals surface area contributed by atoms with Crippen molar-refractivity contribution in [1.82, 2.24) is 19.9 Å². The smallest absolute Gasteiger partial charge is 0.142 e. The van der Waals surface area contributed by atoms with E-state index in [4.69, 9.17) is 4.98 Å². The van der Waals surface area contributed by atoms with E-state index in [1.807, 2.05) is 18.2 Å². The molecule has 24 heavy (non-hydrogen) atoms. The average molecular weight is 371 g/mol. The van der Waals surface area contributed by atoms with Crippen LogP contribution in [0.5, 0.6) is 0 Å². The summed E-state index contributed by atoms with van der Waals surface area (Å²) in [5, 5.41) is 5.28. The maximum Gasteiger partial charge on any atom is 0.142 e. The lowest BCUT2D eigenvalue weighted by Gasteiger charge is -2.01. The first-order valence-corrected chi connectivity index (χ1v) is 10.1. The zero-order valence-corrected chi connectivity index (χ0v) is 15.6. The second-order valence-electron chi connectivity index (χ2n) is 5.29. The first kappa shape index (κ1) is 15.7. The molecular formula is C17H14N4S3. The standard InChI is InChI=1S/C17H14N4S3/c1-10-11(2)24-17-14(10)16(19-9-20-17)23-8-12-7-22-15(21-12)13-5-3-4-6-18-13/h3-7,9H,8H2,1-2H3. The van der Waals surface area contributed by atoms with Gasteiger partial charge in [-0.2, -0.15) is 0 Å². The fourth-order valence-electron chi connectivity index (χ4n) is 2.38. The van der Waals surface area contributed by atoms with E-state index in [0.717, 1.165) is 32.0 Å². The minimum absolute atomic E-state index is 0.795. The zero-order valence-electron chi connectivity index (χ0n) is 13.2. The number of aromatic nitrogens is 4. The molecule has 7 heteroatoms. The van der Waals surface area contributed by atoms with Crippen LogP contribution in [0.2, 0.25) is 0 Å². The van der Waals surface area contributed by atoms with Crippen molar-refractivity contribution in [2.45, 2.75) is 24.6 Å². The zero-order chi connectivity index (χ0) is 16.5. The molecule has 0 saturated carbocycles. The van der Waals surface area contributed by atoms with Gasteiger partial charge in [0.2, 0.25) is 0 Å². The van der Waals surface area contributed by atoms with Gasteiger partial charge in [-0.1, -0.05) is 17.8 Å². The highest BCUT2D eigenvalue weighted by molar-refractivity contribution is 7.98. The Morgan fingerprint density at radius 1 is 1.12 bits per heavy atom. The Hall–Kier alpha value is -1.83. The van der Waals surface area contributed by atoms with Crippen molar-refractivity contribution in [3.8, 4) is 10.7 Å². The van der Waals surface area contributed by atoms with Gasteiger partial charge in [-0.3, -0.25) is 4.98 Å². The predicted octanol–water partition coefficient (Wildman–Crippen LogP) is 5.12. The van der Waals surface area contributed by atoms with E-state index < -0.39 is 0 Å². The molecule has 4 aromatic heterocycles. The summed E-state index contributed by atoms with van der Waals surface area (Å²) >= 11 is 5.08. The van der Waals surface area contributed by atoms with Gasteiger partial charge in [0.15, 0.2) is 0 Å². The predicted molar refractivity (Wildman–Crippen MR) is 102 cm³/mol. The van der Waals surface area contributed by atoms with E-state index in [-0.39, 0.29) is 0 Å². The van der Waals surface area contributed by atoms with Crippen molar-refractivity contribution in [1.29, 1.82) is 0 Å². The normalized spacial score (nSPS) is 11.2. The molecule has 0 aliphatic heterocycles. The van der Waals surface area contributed by atoms with Crippen LogP contribution in [0.15, 0.2) is 41.1 Å². The van der Waals surface area contributed by atoms with Gasteiger partial charge in [0.25, 0.3) is 0 Å². The van der Waals surface area contributed by atoms with Gasteiger partial charge in [0, 0.05) is 27.6 Å². The monoisotopic (exact) mass is 370 g/mol. The molecule has 120 valence electrons. The Balaban J connectivity index is 1.57. The first-order valence-electron chi connectivity index (χ1n) is 7.41. The summed E-state index contributed by atoms with van der Waals surface area (Å²) in [6, 6.07) is 5.89. The van der Waals surface area contributed by atoms with E-state index in [0.29, 0.717) is 0 Å². The van der Waals surface area contributed by atoms with Gasteiger partial charge >= 0.3 is 0 Å². The fraction of sp³-hybridized carbons (Fsp3) is 0.176. The Kier molecular flexibility index (Phi) is 4.30. The molecule has 4 aromatic rings. The third-order valence-corrected chi connectivity index (χ3v) is 6.78. The summed E-state index contributed by atoms with van der Waals surface area (Å²) in [4.78, 5) is 20.3. The van der Waals surface area contributed by atoms with Crippen molar-refractivity contribution in [3.05, 3.63) is 52.2 Å². The molecule has 0 N–H and O–H groups in total. The number of thiazole rings is 1. The van der Waals surface area contributed by atoms with Crippen LogP contribution in [-0.2, 0) is 5.75 Å². The van der Waals surface area contributed by atoms with Crippen LogP contribution in [0.1, 0.15) is 16.1 Å². The number of rotatable bonds is 4. The summed E-state index contributed by atoms with van der Waals surface area (Å²) in [7, 11) is 0. The molecule has 0 radical (unpaired) electrons. The van der Waals surface area contributed by atoms with Crippen LogP contribution in [0.4, 0.5) is 0 Å². The molecule has 4 nitrogen and oxygen atoms in total. The van der Waals surface area contributed by atoms with E-state index in [1.54, 1.807) is 47.0 Å². The van der Waals surface area contributed by atoms with Crippen LogP contribution >= 0.6 is 34.4 Å². The van der Waals surface area contributed by atoms with Gasteiger partial charge in [0.05, 0.1) is 11.4 Å². The van der Waals surface area contributed by atoms with Crippen molar-refractivity contribution < 1.29 is 0 Å². The number of hydrogen-bond donors (Lipinski definition) is 0. The van der Waals surface area contributed by atoms with Crippen molar-refractivity contribution in [2.24, 2.45) is 0 Å². The highest BCUT2D eigenvalue weighted by Crippen LogP contribution is 2.35. The fourth-order valence-corrected chi connectivity index (χ4v) is 5.29. The molecule has 0 unspecified atom stereocenters. The lowest BCUT2D eigenvalue weighted by Crippen LogP contribution is -1.88. The van der Waals surface area contributed by atoms with E-state index in [2.05, 4.69) is 34.2 Å². The lowest BCUT2D eigenvalue weighted by atomic mass is 10.2. The number of thioether (sulfide) groups is 1. The largest absolute Gasteiger partial charge is 0.254 e. The summed E-state index contributed by atoms with van der Waals surface area (Å²) in [6.07, 6.45) is 3.45. The third-order valence-electron chi connectivity index (χ3n) is 3.72. The number of fused-ring (bicyclic) bond motifs is 1. The minimum atomic E-state index is 0.795. The quantitative estimate of drug-likeness (QED) is 0.369. The molecule has 4 heterocycles. The van der Waals surface area contributed by atoms with Crippen molar-refractivity contribution >= 4 is 44.7 Å². The topological polar surface area (TPSA) is 51.6 Å². The minimum Gasteiger partial charge on any atom is -0.254 e. The van der Waals surface area contributed by atoms with E-state index in [1.165, 1.54) is 15.8 Å². The number of hydrogen-bond acceptors (Lipinski definition) is 7. The molecule has 0 amide bonds. The number of thiophene rings is 1. The van der Waals surface area contributed by atoms with Gasteiger partial charge in [-0.25, -0.2) is 15.0 Å². The highest BCUT2D eigenvalue weighted by atomic mass is 32.2. The van der Waals surface area contributed by atoms with Crippen LogP contribution in [0.25, 0.3) is 20.9 Å². The average Bonchev–Trinajstić information content (AvgIpc) is 3.19. The third kappa shape index (κ3) is 2.94. The number of aryl methyl sites for hydroxylation is 2. The molecule has 0 aliphatic rings. The molecule has 0 fully saturated rings. The first-order chi connectivity index (χ1) is 11.7. The molecule has 0 spiro atoms. The SMILES string of the molecule is Cc1sc2ncnc(SCc3csc(-c4ccccn4)n3)c2c1C. The van der Waals surface area contributed by atoms with Gasteiger partial charge in [-0.15, -0.1) is 22.7 Å². The Labute approximate surface area is 152 Å². The second kappa shape index (κ2) is 6.58. The van der Waals surface area contributed by atoms with Crippen LogP contribution in [0, 0.1) is 13.8 Å². The molecule has 4 rings (SSSR count). The van der Waals surface area contributed by atoms with Crippen LogP contribution in [-0.4, -0.2) is 19.9 Å². The Bertz CT molecular complexity index is 992. The van der Waals surface area contributed by atoms with Gasteiger partial charge in [-0.05, 0) is 31.5 Å². The molecule has 0 atom stereocenters. The number of nitrogens with zero attached hydrogens (tertiary/aromatic N) is 4. The maximum absolute atomic E-state index is 4.70. The van der Waals surface area contributed by atoms with Crippen LogP contribution < -0.4 is 0 Å². The maximum atomic E-state index is 4.70. The van der Waals surface area contributed by atoms with Gasteiger partial charge < -0.3 is 0 Å². The molecule has 0 bridgehead atoms. The van der Waals surface area contributed by atoms with Crippen LogP contribution in [0.3, 0.4) is 0 Å². The molecule has 0 aliphatic carbocycles. The number of pyridine rings is 1. The highest BCUT2D eigenvalue weighted by Gasteiger charge is 2.13. The summed E-state index contributed by atoms with van der Waals surface area (Å²) in [6.45, 7) is 4.28. The molecular weight excluding hydrogens is 356 g/mol. The second-order valence-corrected chi connectivity index (χ2v) is 8.32. The lowest BCUT2D eigenvalue weighted by molar-refractivity contribution is 1.10. The summed E-state index contributed by atoms with van der Waals surface area (Å²) < 4.78 is 0. The Morgan fingerprint density at radius 3 is 2.88 bits per heavy atom. The summed E-state index contributed by atoms with van der Waals surface area (Å²) in [5.74, 6) is 0.795. The van der Waals surface area contributed by atoms with Crippen molar-refractivity contribution in [3.63, 3.8) is 0 Å². The Morgan fingerprint density at radius 2 is 2.04 bits per heavy atom. The van der Waals surface area contributed by atoms with E-state index in [9.17, 15) is 0 Å². The van der Waals surface area contributed by atoms with Crippen molar-refractivity contribution in [2.75, 3.05) is 0 Å². The summed E-state index contributed by atoms with van der Waals surface area (Å²) in [5.41, 5.74) is 3.26. The molecule has 0 saturated heterocycles. The van der Waals surface area contributed by atoms with E-state index >= 15 is 0 Å².